The second-order valence-electron chi connectivity index (χ2n) is 6.48. The van der Waals surface area contributed by atoms with E-state index in [1.807, 2.05) is 0 Å². The number of rotatable bonds is 7. The van der Waals surface area contributed by atoms with Crippen LogP contribution in [0, 0.1) is 0 Å². The molecule has 0 amide bonds. The number of ketones is 1. The average molecular weight is 388 g/mol. The molecule has 6 N–H and O–H groups in total. The Morgan fingerprint density at radius 1 is 0.964 bits per heavy atom. The molecule has 2 aromatic carbocycles. The first kappa shape index (κ1) is 20.6. The van der Waals surface area contributed by atoms with E-state index >= 15 is 0 Å². The van der Waals surface area contributed by atoms with Crippen LogP contribution >= 0.6 is 0 Å². The van der Waals surface area contributed by atoms with E-state index < -0.39 is 23.0 Å². The summed E-state index contributed by atoms with van der Waals surface area (Å²) in [5, 5.41) is 51.2. The largest absolute Gasteiger partial charge is 0.504 e. The van der Waals surface area contributed by atoms with Crippen molar-refractivity contribution in [3.63, 3.8) is 0 Å². The predicted molar refractivity (Wildman–Crippen MR) is 99.9 cm³/mol. The Morgan fingerprint density at radius 2 is 1.54 bits per heavy atom. The molecule has 0 saturated heterocycles. The van der Waals surface area contributed by atoms with E-state index in [4.69, 9.17) is 0 Å². The minimum absolute atomic E-state index is 0.0638. The van der Waals surface area contributed by atoms with E-state index in [2.05, 4.69) is 10.5 Å². The fourth-order valence-corrected chi connectivity index (χ4v) is 2.38. The maximum atomic E-state index is 12.4. The van der Waals surface area contributed by atoms with Gasteiger partial charge in [-0.15, -0.1) is 0 Å². The molecule has 2 aromatic rings. The van der Waals surface area contributed by atoms with Crippen molar-refractivity contribution in [2.75, 3.05) is 0 Å². The quantitative estimate of drug-likeness (QED) is 0.181. The lowest BCUT2D eigenvalue weighted by molar-refractivity contribution is -0.144. The van der Waals surface area contributed by atoms with E-state index in [0.29, 0.717) is 5.56 Å². The molecular formula is C19H20N2O7. The Balaban J connectivity index is 2.22. The summed E-state index contributed by atoms with van der Waals surface area (Å²) in [6.07, 6.45) is -0.0961. The fourth-order valence-electron chi connectivity index (χ4n) is 2.38. The van der Waals surface area contributed by atoms with Gasteiger partial charge in [0.1, 0.15) is 5.71 Å². The van der Waals surface area contributed by atoms with Gasteiger partial charge in [-0.25, -0.2) is 4.79 Å². The van der Waals surface area contributed by atoms with Gasteiger partial charge in [-0.2, -0.15) is 5.10 Å². The maximum Gasteiger partial charge on any atom is 0.330 e. The predicted octanol–water partition coefficient (Wildman–Crippen LogP) is 1.74. The summed E-state index contributed by atoms with van der Waals surface area (Å²) in [6.45, 7) is 2.72. The van der Waals surface area contributed by atoms with Crippen LogP contribution in [0.4, 0.5) is 0 Å². The van der Waals surface area contributed by atoms with Crippen molar-refractivity contribution in [3.8, 4) is 23.0 Å². The summed E-state index contributed by atoms with van der Waals surface area (Å²) in [5.41, 5.74) is 1.29. The Morgan fingerprint density at radius 3 is 2.07 bits per heavy atom. The highest BCUT2D eigenvalue weighted by atomic mass is 16.4. The number of phenolic OH excluding ortho intramolecular Hbond substituents is 4. The van der Waals surface area contributed by atoms with Gasteiger partial charge in [0, 0.05) is 12.0 Å². The number of phenols is 4. The molecule has 0 aromatic heterocycles. The highest BCUT2D eigenvalue weighted by Gasteiger charge is 2.33. The number of carboxylic acid groups (broad SMARTS) is 1. The smallest absolute Gasteiger partial charge is 0.330 e. The number of hydrazone groups is 1. The number of hydrogen-bond acceptors (Lipinski definition) is 8. The van der Waals surface area contributed by atoms with Crippen molar-refractivity contribution >= 4 is 17.5 Å². The van der Waals surface area contributed by atoms with Crippen LogP contribution in [-0.2, 0) is 11.2 Å². The molecule has 148 valence electrons. The van der Waals surface area contributed by atoms with Crippen molar-refractivity contribution in [3.05, 3.63) is 47.5 Å². The van der Waals surface area contributed by atoms with Gasteiger partial charge in [-0.1, -0.05) is 6.07 Å². The van der Waals surface area contributed by atoms with Gasteiger partial charge >= 0.3 is 5.97 Å². The molecule has 0 aliphatic carbocycles. The zero-order valence-corrected chi connectivity index (χ0v) is 15.2. The first-order valence-corrected chi connectivity index (χ1v) is 8.16. The molecule has 0 bridgehead atoms. The van der Waals surface area contributed by atoms with Crippen molar-refractivity contribution in [2.45, 2.75) is 25.8 Å². The number of carboxylic acids is 1. The van der Waals surface area contributed by atoms with Gasteiger partial charge in [0.15, 0.2) is 28.5 Å². The van der Waals surface area contributed by atoms with Crippen LogP contribution in [0.3, 0.4) is 0 Å². The summed E-state index contributed by atoms with van der Waals surface area (Å²) >= 11 is 0. The lowest BCUT2D eigenvalue weighted by atomic mass is 9.93. The Kier molecular flexibility index (Phi) is 5.78. The minimum atomic E-state index is -1.61. The normalized spacial score (nSPS) is 13.6. The van der Waals surface area contributed by atoms with Gasteiger partial charge in [0.25, 0.3) is 0 Å². The van der Waals surface area contributed by atoms with Crippen molar-refractivity contribution in [2.24, 2.45) is 5.10 Å². The first-order valence-electron chi connectivity index (χ1n) is 8.16. The van der Waals surface area contributed by atoms with Gasteiger partial charge in [-0.05, 0) is 49.7 Å². The summed E-state index contributed by atoms with van der Waals surface area (Å²) < 4.78 is 0. The van der Waals surface area contributed by atoms with Gasteiger partial charge in [-0.3, -0.25) is 10.2 Å². The van der Waals surface area contributed by atoms with Crippen LogP contribution in [0.15, 0.2) is 41.5 Å². The number of carbonyl (C=O) groups excluding carboxylic acids is 1. The highest BCUT2D eigenvalue weighted by molar-refractivity contribution is 6.45. The van der Waals surface area contributed by atoms with Crippen LogP contribution in [0.5, 0.6) is 23.0 Å². The topological polar surface area (TPSA) is 160 Å². The van der Waals surface area contributed by atoms with Crippen LogP contribution in [-0.4, -0.2) is 48.5 Å². The molecule has 0 saturated carbocycles. The fraction of sp³-hybridized carbons (Fsp3) is 0.211. The van der Waals surface area contributed by atoms with Crippen molar-refractivity contribution < 1.29 is 35.1 Å². The van der Waals surface area contributed by atoms with Crippen LogP contribution < -0.4 is 5.43 Å². The van der Waals surface area contributed by atoms with E-state index in [-0.39, 0.29) is 34.9 Å². The SMILES string of the molecule is CC(=NN[C@@](C)(Cc1ccc(O)c(O)c1)C(=O)O)C(=O)c1ccc(O)c(O)c1. The standard InChI is InChI=1S/C19H20N2O7/c1-10(17(26)12-4-6-14(23)16(25)8-12)20-21-19(2,18(27)28)9-11-3-5-13(22)15(24)7-11/h3-8,21-25H,9H2,1-2H3,(H,27,28)/t19-/m0/s1. The second kappa shape index (κ2) is 7.87. The van der Waals surface area contributed by atoms with Gasteiger partial charge in [0.05, 0.1) is 0 Å². The van der Waals surface area contributed by atoms with Gasteiger partial charge < -0.3 is 25.5 Å². The Bertz CT molecular complexity index is 955. The first-order chi connectivity index (χ1) is 13.0. The molecule has 0 aliphatic heterocycles. The molecule has 2 rings (SSSR count). The molecule has 0 aliphatic rings. The molecular weight excluding hydrogens is 368 g/mol. The van der Waals surface area contributed by atoms with E-state index in [9.17, 15) is 35.1 Å². The third-order valence-electron chi connectivity index (χ3n) is 4.11. The number of nitrogens with one attached hydrogen (secondary N) is 1. The lowest BCUT2D eigenvalue weighted by Crippen LogP contribution is -2.49. The molecule has 9 heteroatoms. The summed E-state index contributed by atoms with van der Waals surface area (Å²) in [4.78, 5) is 24.1. The maximum absolute atomic E-state index is 12.4. The highest BCUT2D eigenvalue weighted by Crippen LogP contribution is 2.27. The van der Waals surface area contributed by atoms with E-state index in [0.717, 1.165) is 12.1 Å². The molecule has 0 radical (unpaired) electrons. The molecule has 9 nitrogen and oxygen atoms in total. The van der Waals surface area contributed by atoms with Gasteiger partial charge in [0.2, 0.25) is 5.78 Å². The molecule has 0 unspecified atom stereocenters. The van der Waals surface area contributed by atoms with Crippen LogP contribution in [0.25, 0.3) is 0 Å². The third-order valence-corrected chi connectivity index (χ3v) is 4.11. The zero-order valence-electron chi connectivity index (χ0n) is 15.2. The average Bonchev–Trinajstić information content (AvgIpc) is 2.64. The summed E-state index contributed by atoms with van der Waals surface area (Å²) in [6, 6.07) is 7.46. The minimum Gasteiger partial charge on any atom is -0.504 e. The number of hydrogen-bond donors (Lipinski definition) is 6. The summed E-state index contributed by atoms with van der Waals surface area (Å²) in [7, 11) is 0. The number of benzene rings is 2. The summed E-state index contributed by atoms with van der Waals surface area (Å²) in [5.74, 6) is -3.37. The van der Waals surface area contributed by atoms with Crippen LogP contribution in [0.2, 0.25) is 0 Å². The van der Waals surface area contributed by atoms with Crippen molar-refractivity contribution in [1.82, 2.24) is 5.43 Å². The Hall–Kier alpha value is -3.75. The van der Waals surface area contributed by atoms with Crippen molar-refractivity contribution in [1.29, 1.82) is 0 Å². The zero-order chi connectivity index (χ0) is 21.1. The molecule has 0 spiro atoms. The third kappa shape index (κ3) is 4.50. The Labute approximate surface area is 160 Å². The number of carbonyl (C=O) groups is 2. The molecule has 0 heterocycles. The van der Waals surface area contributed by atoms with Crippen LogP contribution in [0.1, 0.15) is 29.8 Å². The molecule has 1 atom stereocenters. The number of Topliss-reactive ketones (excluding diaryl/α,β-unsaturated/α-hetero) is 1. The second-order valence-corrected chi connectivity index (χ2v) is 6.48. The number of aliphatic carboxylic acids is 1. The van der Waals surface area contributed by atoms with E-state index in [1.165, 1.54) is 38.1 Å². The molecule has 28 heavy (non-hydrogen) atoms. The number of aromatic hydroxyl groups is 4. The number of nitrogens with zero attached hydrogens (tertiary/aromatic N) is 1. The molecule has 0 fully saturated rings. The van der Waals surface area contributed by atoms with E-state index in [1.54, 1.807) is 0 Å². The lowest BCUT2D eigenvalue weighted by Gasteiger charge is -2.25. The monoisotopic (exact) mass is 388 g/mol.